The molecule has 1 aliphatic rings. The summed E-state index contributed by atoms with van der Waals surface area (Å²) in [5, 5.41) is 9.95. The van der Waals surface area contributed by atoms with Crippen LogP contribution in [0.25, 0.3) is 11.8 Å². The fourth-order valence-corrected chi connectivity index (χ4v) is 1.96. The number of hydrogen-bond donors (Lipinski definition) is 1. The van der Waals surface area contributed by atoms with E-state index in [1.165, 1.54) is 5.56 Å². The molecule has 2 heteroatoms. The molecule has 0 bridgehead atoms. The first-order valence-corrected chi connectivity index (χ1v) is 5.63. The first kappa shape index (κ1) is 11.5. The number of benzene rings is 1. The number of aromatic hydroxyl groups is 1. The monoisotopic (exact) mass is 228 g/mol. The minimum absolute atomic E-state index is 0.196. The second kappa shape index (κ2) is 4.50. The van der Waals surface area contributed by atoms with Gasteiger partial charge in [-0.1, -0.05) is 25.3 Å². The molecule has 0 heterocycles. The maximum Gasteiger partial charge on any atom is 0.130 e. The molecule has 0 amide bonds. The molecule has 0 saturated heterocycles. The summed E-state index contributed by atoms with van der Waals surface area (Å²) in [6, 6.07) is 3.70. The van der Waals surface area contributed by atoms with Crippen LogP contribution < -0.4 is 0 Å². The van der Waals surface area contributed by atoms with Gasteiger partial charge in [0, 0.05) is 0 Å². The number of phenols is 1. The zero-order valence-electron chi connectivity index (χ0n) is 9.99. The zero-order valence-corrected chi connectivity index (χ0v) is 9.99. The van der Waals surface area contributed by atoms with Gasteiger partial charge >= 0.3 is 0 Å². The third-order valence-corrected chi connectivity index (χ3v) is 2.73. The lowest BCUT2D eigenvalue weighted by atomic mass is 9.94. The van der Waals surface area contributed by atoms with Gasteiger partial charge in [0.25, 0.3) is 0 Å². The Balaban J connectivity index is 2.38. The summed E-state index contributed by atoms with van der Waals surface area (Å²) in [6.45, 7) is 9.23. The van der Waals surface area contributed by atoms with Crippen molar-refractivity contribution in [2.45, 2.75) is 19.8 Å². The van der Waals surface area contributed by atoms with E-state index in [1.54, 1.807) is 13.0 Å². The van der Waals surface area contributed by atoms with Gasteiger partial charge in [0.15, 0.2) is 0 Å². The molecule has 0 unspecified atom stereocenters. The molecular weight excluding hydrogens is 212 g/mol. The highest BCUT2D eigenvalue weighted by molar-refractivity contribution is 5.70. The van der Waals surface area contributed by atoms with Gasteiger partial charge in [-0.05, 0) is 43.0 Å². The highest BCUT2D eigenvalue weighted by atomic mass is 16.5. The SMILES string of the molecule is C=C(C)OC(=C)c1cc2c(cc1O)C=CCC2. The lowest BCUT2D eigenvalue weighted by Gasteiger charge is -2.15. The fourth-order valence-electron chi connectivity index (χ4n) is 1.96. The van der Waals surface area contributed by atoms with Crippen LogP contribution in [0.2, 0.25) is 0 Å². The fraction of sp³-hybridized carbons (Fsp3) is 0.200. The van der Waals surface area contributed by atoms with Crippen LogP contribution in [0.3, 0.4) is 0 Å². The van der Waals surface area contributed by atoms with Crippen molar-refractivity contribution in [3.63, 3.8) is 0 Å². The molecule has 0 fully saturated rings. The normalized spacial score (nSPS) is 13.0. The number of hydrogen-bond acceptors (Lipinski definition) is 2. The van der Waals surface area contributed by atoms with Crippen molar-refractivity contribution < 1.29 is 9.84 Å². The number of fused-ring (bicyclic) bond motifs is 1. The van der Waals surface area contributed by atoms with Gasteiger partial charge in [-0.2, -0.15) is 0 Å². The van der Waals surface area contributed by atoms with Crippen molar-refractivity contribution in [1.29, 1.82) is 0 Å². The first-order chi connectivity index (χ1) is 8.08. The second-order valence-corrected chi connectivity index (χ2v) is 4.24. The van der Waals surface area contributed by atoms with Crippen LogP contribution >= 0.6 is 0 Å². The lowest BCUT2D eigenvalue weighted by Crippen LogP contribution is -1.97. The predicted octanol–water partition coefficient (Wildman–Crippen LogP) is 3.87. The summed E-state index contributed by atoms with van der Waals surface area (Å²) in [4.78, 5) is 0. The molecule has 0 radical (unpaired) electrons. The van der Waals surface area contributed by atoms with Gasteiger partial charge in [-0.3, -0.25) is 0 Å². The van der Waals surface area contributed by atoms with Crippen molar-refractivity contribution in [1.82, 2.24) is 0 Å². The van der Waals surface area contributed by atoms with Crippen LogP contribution in [0.5, 0.6) is 5.75 Å². The largest absolute Gasteiger partial charge is 0.507 e. The Labute approximate surface area is 102 Å². The summed E-state index contributed by atoms with van der Waals surface area (Å²) in [7, 11) is 0. The van der Waals surface area contributed by atoms with E-state index in [1.807, 2.05) is 12.1 Å². The zero-order chi connectivity index (χ0) is 12.4. The molecule has 1 aromatic rings. The van der Waals surface area contributed by atoms with Crippen LogP contribution in [-0.4, -0.2) is 5.11 Å². The summed E-state index contributed by atoms with van der Waals surface area (Å²) in [6.07, 6.45) is 6.16. The van der Waals surface area contributed by atoms with Gasteiger partial charge in [0.1, 0.15) is 11.5 Å². The van der Waals surface area contributed by atoms with Gasteiger partial charge in [-0.25, -0.2) is 0 Å². The van der Waals surface area contributed by atoms with Crippen LogP contribution in [0.15, 0.2) is 37.1 Å². The maximum atomic E-state index is 9.95. The quantitative estimate of drug-likeness (QED) is 0.796. The smallest absolute Gasteiger partial charge is 0.130 e. The Kier molecular flexibility index (Phi) is 3.05. The Morgan fingerprint density at radius 3 is 2.82 bits per heavy atom. The van der Waals surface area contributed by atoms with E-state index in [-0.39, 0.29) is 5.75 Å². The molecule has 1 aromatic carbocycles. The number of ether oxygens (including phenoxy) is 1. The summed E-state index contributed by atoms with van der Waals surface area (Å²) in [5.41, 5.74) is 2.93. The highest BCUT2D eigenvalue weighted by Gasteiger charge is 2.13. The minimum Gasteiger partial charge on any atom is -0.507 e. The summed E-state index contributed by atoms with van der Waals surface area (Å²) in [5.74, 6) is 1.20. The molecule has 1 aliphatic carbocycles. The molecular formula is C15H16O2. The van der Waals surface area contributed by atoms with Crippen LogP contribution in [-0.2, 0) is 11.2 Å². The van der Waals surface area contributed by atoms with E-state index in [4.69, 9.17) is 4.74 Å². The van der Waals surface area contributed by atoms with Gasteiger partial charge in [0.2, 0.25) is 0 Å². The van der Waals surface area contributed by atoms with E-state index >= 15 is 0 Å². The van der Waals surface area contributed by atoms with Crippen LogP contribution in [0.4, 0.5) is 0 Å². The van der Waals surface area contributed by atoms with Gasteiger partial charge in [-0.15, -0.1) is 0 Å². The van der Waals surface area contributed by atoms with E-state index in [2.05, 4.69) is 19.2 Å². The lowest BCUT2D eigenvalue weighted by molar-refractivity contribution is 0.383. The van der Waals surface area contributed by atoms with Crippen molar-refractivity contribution in [3.05, 3.63) is 53.8 Å². The molecule has 0 aliphatic heterocycles. The Hall–Kier alpha value is -1.96. The number of allylic oxidation sites excluding steroid dienone is 2. The minimum atomic E-state index is 0.196. The van der Waals surface area contributed by atoms with E-state index in [0.29, 0.717) is 17.1 Å². The third-order valence-electron chi connectivity index (χ3n) is 2.73. The van der Waals surface area contributed by atoms with Crippen molar-refractivity contribution in [2.24, 2.45) is 0 Å². The summed E-state index contributed by atoms with van der Waals surface area (Å²) >= 11 is 0. The highest BCUT2D eigenvalue weighted by Crippen LogP contribution is 2.32. The Morgan fingerprint density at radius 2 is 2.12 bits per heavy atom. The molecule has 17 heavy (non-hydrogen) atoms. The van der Waals surface area contributed by atoms with Crippen molar-refractivity contribution in [3.8, 4) is 5.75 Å². The molecule has 88 valence electrons. The van der Waals surface area contributed by atoms with E-state index in [9.17, 15) is 5.11 Å². The molecule has 2 rings (SSSR count). The average Bonchev–Trinajstić information content (AvgIpc) is 2.27. The summed E-state index contributed by atoms with van der Waals surface area (Å²) < 4.78 is 5.34. The van der Waals surface area contributed by atoms with Crippen molar-refractivity contribution >= 4 is 11.8 Å². The standard InChI is InChI=1S/C15H16O2/c1-10(2)17-11(3)14-8-12-6-4-5-7-13(12)9-15(14)16/h5,7-9,16H,1,3-4,6H2,2H3. The first-order valence-electron chi connectivity index (χ1n) is 5.63. The van der Waals surface area contributed by atoms with E-state index in [0.717, 1.165) is 18.4 Å². The third kappa shape index (κ3) is 2.41. The maximum absolute atomic E-state index is 9.95. The van der Waals surface area contributed by atoms with Gasteiger partial charge < -0.3 is 9.84 Å². The predicted molar refractivity (Wildman–Crippen MR) is 70.4 cm³/mol. The average molecular weight is 228 g/mol. The Bertz CT molecular complexity index is 510. The Morgan fingerprint density at radius 1 is 1.35 bits per heavy atom. The number of rotatable bonds is 3. The van der Waals surface area contributed by atoms with E-state index < -0.39 is 0 Å². The van der Waals surface area contributed by atoms with Gasteiger partial charge in [0.05, 0.1) is 11.3 Å². The number of aryl methyl sites for hydroxylation is 1. The topological polar surface area (TPSA) is 29.5 Å². The van der Waals surface area contributed by atoms with Crippen LogP contribution in [0, 0.1) is 0 Å². The molecule has 2 nitrogen and oxygen atoms in total. The second-order valence-electron chi connectivity index (χ2n) is 4.24. The van der Waals surface area contributed by atoms with Crippen molar-refractivity contribution in [2.75, 3.05) is 0 Å². The molecule has 0 saturated carbocycles. The molecule has 1 N–H and O–H groups in total. The molecule has 0 atom stereocenters. The number of phenolic OH excluding ortho intramolecular Hbond substituents is 1. The molecule has 0 aromatic heterocycles. The molecule has 0 spiro atoms. The van der Waals surface area contributed by atoms with Crippen LogP contribution in [0.1, 0.15) is 30.0 Å².